The van der Waals surface area contributed by atoms with Gasteiger partial charge >= 0.3 is 0 Å². The topological polar surface area (TPSA) is 140 Å². The van der Waals surface area contributed by atoms with Gasteiger partial charge in [-0.3, -0.25) is 9.59 Å². The maximum Gasteiger partial charge on any atom is 0.259 e. The van der Waals surface area contributed by atoms with E-state index in [2.05, 4.69) is 31.3 Å². The van der Waals surface area contributed by atoms with Crippen LogP contribution in [0.25, 0.3) is 10.8 Å². The first-order valence-electron chi connectivity index (χ1n) is 11.7. The first-order chi connectivity index (χ1) is 18.9. The van der Waals surface area contributed by atoms with E-state index in [1.165, 1.54) is 6.07 Å². The van der Waals surface area contributed by atoms with Gasteiger partial charge in [0.2, 0.25) is 0 Å². The molecule has 0 aliphatic carbocycles. The fraction of sp³-hybridized carbons (Fsp3) is 0.0345. The number of benzene rings is 4. The smallest absolute Gasteiger partial charge is 0.259 e. The van der Waals surface area contributed by atoms with Crippen molar-refractivity contribution in [2.45, 2.75) is 6.92 Å². The summed E-state index contributed by atoms with van der Waals surface area (Å²) in [6.45, 7) is 1.69. The average molecular weight is 533 g/mol. The normalized spacial score (nSPS) is 10.9. The molecule has 2 amide bonds. The molecule has 3 N–H and O–H groups in total. The Labute approximate surface area is 227 Å². The third-order valence-electron chi connectivity index (χ3n) is 5.85. The number of amides is 2. The molecule has 9 nitrogen and oxygen atoms in total. The van der Waals surface area contributed by atoms with Gasteiger partial charge in [-0.25, -0.2) is 0 Å². The number of para-hydroxylation sites is 2. The number of nitrogens with zero attached hydrogens (tertiary/aromatic N) is 4. The van der Waals surface area contributed by atoms with Crippen molar-refractivity contribution in [3.63, 3.8) is 0 Å². The van der Waals surface area contributed by atoms with Gasteiger partial charge in [0.05, 0.1) is 11.3 Å². The van der Waals surface area contributed by atoms with Crippen LogP contribution in [0.15, 0.2) is 95.2 Å². The average Bonchev–Trinajstić information content (AvgIpc) is 3.32. The van der Waals surface area contributed by atoms with E-state index in [9.17, 15) is 20.0 Å². The van der Waals surface area contributed by atoms with Gasteiger partial charge in [-0.2, -0.15) is 9.64 Å². The Hall–Kier alpha value is -5.40. The molecule has 10 heteroatoms. The Balaban J connectivity index is 1.60. The predicted molar refractivity (Wildman–Crippen MR) is 150 cm³/mol. The molecule has 0 atom stereocenters. The summed E-state index contributed by atoms with van der Waals surface area (Å²) in [4.78, 5) is 26.1. The zero-order valence-corrected chi connectivity index (χ0v) is 21.4. The number of carbonyl (C=O) groups excluding carboxylic acids is 2. The molecule has 0 bridgehead atoms. The van der Waals surface area contributed by atoms with Crippen LogP contribution in [-0.4, -0.2) is 21.3 Å². The molecule has 0 aliphatic heterocycles. The molecule has 5 aromatic rings. The molecule has 4 aromatic carbocycles. The lowest BCUT2D eigenvalue weighted by atomic mass is 10.0. The third kappa shape index (κ3) is 5.34. The maximum atomic E-state index is 13.2. The molecule has 5 rings (SSSR count). The lowest BCUT2D eigenvalue weighted by Gasteiger charge is -2.12. The van der Waals surface area contributed by atoms with Crippen LogP contribution in [0.4, 0.5) is 22.1 Å². The molecule has 0 radical (unpaired) electrons. The standard InChI is InChI=1S/C29H20N6O3S/c1-17-24(16-30)29(39-35-17)34-33-25-22-13-12-18(27(37)31-20-8-4-2-5-9-20)14-19(22)15-23(26(25)36)28(38)32-21-10-6-3-7-11-21/h2-15,36H,1H3,(H,31,37)(H,32,38)/b34-33+. The van der Waals surface area contributed by atoms with Gasteiger partial charge in [-0.1, -0.05) is 42.5 Å². The summed E-state index contributed by atoms with van der Waals surface area (Å²) in [5.41, 5.74) is 2.30. The number of hydrogen-bond donors (Lipinski definition) is 3. The Kier molecular flexibility index (Phi) is 7.07. The van der Waals surface area contributed by atoms with E-state index < -0.39 is 5.91 Å². The van der Waals surface area contributed by atoms with Crippen LogP contribution < -0.4 is 10.6 Å². The van der Waals surface area contributed by atoms with Gasteiger partial charge in [0.15, 0.2) is 10.8 Å². The van der Waals surface area contributed by atoms with E-state index in [1.54, 1.807) is 61.5 Å². The van der Waals surface area contributed by atoms with Crippen molar-refractivity contribution in [2.75, 3.05) is 10.6 Å². The number of azo groups is 1. The van der Waals surface area contributed by atoms with Crippen molar-refractivity contribution in [1.29, 1.82) is 5.26 Å². The summed E-state index contributed by atoms with van der Waals surface area (Å²) in [6.07, 6.45) is 0. The first kappa shape index (κ1) is 25.3. The highest BCUT2D eigenvalue weighted by molar-refractivity contribution is 7.10. The monoisotopic (exact) mass is 532 g/mol. The van der Waals surface area contributed by atoms with Crippen molar-refractivity contribution in [3.8, 4) is 11.8 Å². The van der Waals surface area contributed by atoms with Gasteiger partial charge < -0.3 is 15.7 Å². The van der Waals surface area contributed by atoms with Crippen molar-refractivity contribution in [2.24, 2.45) is 10.2 Å². The number of phenols is 1. The summed E-state index contributed by atoms with van der Waals surface area (Å²) < 4.78 is 4.14. The Morgan fingerprint density at radius 3 is 2.18 bits per heavy atom. The number of nitrogens with one attached hydrogen (secondary N) is 2. The lowest BCUT2D eigenvalue weighted by Crippen LogP contribution is -2.13. The van der Waals surface area contributed by atoms with E-state index in [0.717, 1.165) is 11.5 Å². The van der Waals surface area contributed by atoms with Crippen LogP contribution in [0.3, 0.4) is 0 Å². The number of aromatic nitrogens is 1. The van der Waals surface area contributed by atoms with Crippen LogP contribution in [0.1, 0.15) is 32.0 Å². The number of fused-ring (bicyclic) bond motifs is 1. The number of nitriles is 1. The van der Waals surface area contributed by atoms with E-state index >= 15 is 0 Å². The number of aromatic hydroxyl groups is 1. The van der Waals surface area contributed by atoms with Crippen LogP contribution in [-0.2, 0) is 0 Å². The largest absolute Gasteiger partial charge is 0.505 e. The fourth-order valence-electron chi connectivity index (χ4n) is 3.89. The van der Waals surface area contributed by atoms with Gasteiger partial charge in [0, 0.05) is 22.3 Å². The van der Waals surface area contributed by atoms with Crippen LogP contribution in [0.5, 0.6) is 5.75 Å². The van der Waals surface area contributed by atoms with Crippen LogP contribution in [0, 0.1) is 18.3 Å². The lowest BCUT2D eigenvalue weighted by molar-refractivity contribution is 0.101. The Bertz CT molecular complexity index is 1780. The molecule has 0 fully saturated rings. The minimum atomic E-state index is -0.567. The highest BCUT2D eigenvalue weighted by Gasteiger charge is 2.20. The van der Waals surface area contributed by atoms with E-state index in [0.29, 0.717) is 33.4 Å². The van der Waals surface area contributed by atoms with E-state index in [1.807, 2.05) is 24.3 Å². The molecular formula is C29H20N6O3S. The summed E-state index contributed by atoms with van der Waals surface area (Å²) in [5, 5.41) is 35.8. The zero-order valence-electron chi connectivity index (χ0n) is 20.5. The summed E-state index contributed by atoms with van der Waals surface area (Å²) in [5.74, 6) is -1.29. The number of phenolic OH excluding ortho intramolecular Hbond substituents is 1. The molecule has 1 heterocycles. The summed E-state index contributed by atoms with van der Waals surface area (Å²) in [6, 6.07) is 26.2. The molecule has 0 saturated heterocycles. The molecular weight excluding hydrogens is 512 g/mol. The van der Waals surface area contributed by atoms with Crippen molar-refractivity contribution in [1.82, 2.24) is 4.37 Å². The zero-order chi connectivity index (χ0) is 27.4. The van der Waals surface area contributed by atoms with Crippen LogP contribution in [0.2, 0.25) is 0 Å². The molecule has 190 valence electrons. The van der Waals surface area contributed by atoms with Gasteiger partial charge in [0.1, 0.15) is 17.3 Å². The molecule has 39 heavy (non-hydrogen) atoms. The number of carbonyl (C=O) groups is 2. The Morgan fingerprint density at radius 2 is 1.54 bits per heavy atom. The van der Waals surface area contributed by atoms with Crippen molar-refractivity contribution >= 4 is 56.2 Å². The third-order valence-corrected chi connectivity index (χ3v) is 6.68. The van der Waals surface area contributed by atoms with E-state index in [4.69, 9.17) is 0 Å². The minimum Gasteiger partial charge on any atom is -0.505 e. The molecule has 0 spiro atoms. The van der Waals surface area contributed by atoms with E-state index in [-0.39, 0.29) is 33.5 Å². The van der Waals surface area contributed by atoms with Crippen LogP contribution >= 0.6 is 11.5 Å². The Morgan fingerprint density at radius 1 is 0.897 bits per heavy atom. The van der Waals surface area contributed by atoms with Gasteiger partial charge in [-0.15, -0.1) is 10.2 Å². The van der Waals surface area contributed by atoms with Crippen molar-refractivity contribution < 1.29 is 14.7 Å². The molecule has 0 saturated carbocycles. The SMILES string of the molecule is Cc1nsc(/N=N/c2c(O)c(C(=O)Nc3ccccc3)cc3cc(C(=O)Nc4ccccc4)ccc23)c1C#N. The minimum absolute atomic E-state index is 0.0238. The predicted octanol–water partition coefficient (Wildman–Crippen LogP) is 7.10. The fourth-order valence-corrected chi connectivity index (χ4v) is 4.56. The maximum absolute atomic E-state index is 13.2. The quantitative estimate of drug-likeness (QED) is 0.200. The second-order valence-electron chi connectivity index (χ2n) is 8.46. The number of hydrogen-bond acceptors (Lipinski definition) is 8. The number of rotatable bonds is 6. The number of aryl methyl sites for hydroxylation is 1. The highest BCUT2D eigenvalue weighted by atomic mass is 32.1. The molecule has 0 aliphatic rings. The molecule has 1 aromatic heterocycles. The first-order valence-corrected chi connectivity index (χ1v) is 12.5. The highest BCUT2D eigenvalue weighted by Crippen LogP contribution is 2.41. The van der Waals surface area contributed by atoms with Crippen molar-refractivity contribution in [3.05, 3.63) is 107 Å². The second-order valence-corrected chi connectivity index (χ2v) is 9.21. The second kappa shape index (κ2) is 10.9. The molecule has 0 unspecified atom stereocenters. The van der Waals surface area contributed by atoms with Gasteiger partial charge in [0.25, 0.3) is 11.8 Å². The number of anilines is 2. The summed E-state index contributed by atoms with van der Waals surface area (Å²) >= 11 is 1.00. The summed E-state index contributed by atoms with van der Waals surface area (Å²) in [7, 11) is 0. The van der Waals surface area contributed by atoms with Gasteiger partial charge in [-0.05, 0) is 66.3 Å².